The molecule has 2 aromatic carbocycles. The highest BCUT2D eigenvalue weighted by Gasteiger charge is 2.71. The number of aliphatic hydroxyl groups is 1. The largest absolute Gasteiger partial charge is 0.430 e. The lowest BCUT2D eigenvalue weighted by Crippen LogP contribution is -2.53. The fraction of sp³-hybridized carbons (Fsp3) is 0.333. The normalized spacial score (nSPS) is 15.1. The molecule has 13 heteroatoms. The molecule has 1 heterocycles. The van der Waals surface area contributed by atoms with E-state index < -0.39 is 51.4 Å². The molecule has 0 aromatic heterocycles. The number of alkyl halides is 6. The number of nitro benzene ring substituents is 1. The van der Waals surface area contributed by atoms with Crippen LogP contribution in [0, 0.1) is 21.7 Å². The Hall–Kier alpha value is -2.96. The van der Waals surface area contributed by atoms with E-state index >= 15 is 0 Å². The lowest BCUT2D eigenvalue weighted by atomic mass is 9.91. The zero-order valence-electron chi connectivity index (χ0n) is 15.2. The maximum Gasteiger partial charge on any atom is 0.430 e. The average Bonchev–Trinajstić information content (AvgIpc) is 2.64. The van der Waals surface area contributed by atoms with Crippen LogP contribution < -0.4 is 4.90 Å². The number of rotatable bonds is 3. The van der Waals surface area contributed by atoms with Gasteiger partial charge in [0.25, 0.3) is 11.3 Å². The Morgan fingerprint density at radius 2 is 1.61 bits per heavy atom. The molecule has 168 valence electrons. The van der Waals surface area contributed by atoms with Gasteiger partial charge in [0, 0.05) is 24.2 Å². The average molecular weight is 456 g/mol. The fourth-order valence-corrected chi connectivity index (χ4v) is 3.50. The topological polar surface area (TPSA) is 66.6 Å². The highest BCUT2D eigenvalue weighted by atomic mass is 19.4. The van der Waals surface area contributed by atoms with Crippen LogP contribution in [0.2, 0.25) is 0 Å². The first-order valence-corrected chi connectivity index (χ1v) is 8.58. The van der Waals surface area contributed by atoms with Crippen molar-refractivity contribution in [2.24, 2.45) is 0 Å². The summed E-state index contributed by atoms with van der Waals surface area (Å²) < 4.78 is 107. The van der Waals surface area contributed by atoms with Crippen molar-refractivity contribution in [2.45, 2.75) is 30.8 Å². The number of nitrogens with zero attached hydrogens (tertiary/aromatic N) is 2. The molecule has 0 saturated carbocycles. The first-order chi connectivity index (χ1) is 14.2. The third-order valence-corrected chi connectivity index (χ3v) is 4.91. The summed E-state index contributed by atoms with van der Waals surface area (Å²) >= 11 is 0. The molecule has 0 amide bonds. The Morgan fingerprint density at radius 1 is 1.00 bits per heavy atom. The van der Waals surface area contributed by atoms with Gasteiger partial charge in [-0.1, -0.05) is 6.07 Å². The second-order valence-corrected chi connectivity index (χ2v) is 6.82. The van der Waals surface area contributed by atoms with Crippen molar-refractivity contribution in [2.75, 3.05) is 11.4 Å². The molecule has 31 heavy (non-hydrogen) atoms. The minimum atomic E-state index is -6.23. The fourth-order valence-electron chi connectivity index (χ4n) is 3.50. The van der Waals surface area contributed by atoms with Gasteiger partial charge in [-0.15, -0.1) is 0 Å². The van der Waals surface area contributed by atoms with E-state index in [1.807, 2.05) is 0 Å². The number of anilines is 2. The van der Waals surface area contributed by atoms with Gasteiger partial charge in [-0.05, 0) is 30.5 Å². The molecule has 0 aliphatic carbocycles. The van der Waals surface area contributed by atoms with Crippen LogP contribution in [0.15, 0.2) is 30.3 Å². The summed E-state index contributed by atoms with van der Waals surface area (Å²) in [5, 5.41) is 21.0. The summed E-state index contributed by atoms with van der Waals surface area (Å²) in [5.41, 5.74) is -9.06. The third kappa shape index (κ3) is 3.66. The predicted octanol–water partition coefficient (Wildman–Crippen LogP) is 5.27. The summed E-state index contributed by atoms with van der Waals surface area (Å²) in [5.74, 6) is -2.02. The van der Waals surface area contributed by atoms with E-state index in [2.05, 4.69) is 0 Å². The summed E-state index contributed by atoms with van der Waals surface area (Å²) in [6.45, 7) is -0.0709. The molecule has 3 rings (SSSR count). The van der Waals surface area contributed by atoms with Crippen molar-refractivity contribution in [3.05, 3.63) is 63.2 Å². The van der Waals surface area contributed by atoms with Crippen LogP contribution in [0.1, 0.15) is 17.5 Å². The van der Waals surface area contributed by atoms with Gasteiger partial charge in [-0.3, -0.25) is 10.1 Å². The molecule has 1 aliphatic heterocycles. The summed E-state index contributed by atoms with van der Waals surface area (Å²) in [4.78, 5) is 11.2. The zero-order valence-corrected chi connectivity index (χ0v) is 15.2. The number of hydrogen-bond acceptors (Lipinski definition) is 4. The van der Waals surface area contributed by atoms with Crippen LogP contribution in [-0.2, 0) is 12.0 Å². The van der Waals surface area contributed by atoms with Crippen molar-refractivity contribution in [3.8, 4) is 0 Å². The molecule has 5 nitrogen and oxygen atoms in total. The Balaban J connectivity index is 2.22. The smallest absolute Gasteiger partial charge is 0.369 e. The molecule has 0 atom stereocenters. The van der Waals surface area contributed by atoms with E-state index in [4.69, 9.17) is 0 Å². The van der Waals surface area contributed by atoms with Crippen molar-refractivity contribution < 1.29 is 45.2 Å². The highest BCUT2D eigenvalue weighted by molar-refractivity contribution is 5.76. The zero-order chi connectivity index (χ0) is 23.4. The maximum absolute atomic E-state index is 14.4. The molecule has 0 bridgehead atoms. The standard InChI is InChI=1S/C18H12F8N2O3/c19-11-6-9-2-1-5-27(15(9)12(20)8-11)13-4-3-10(7-14(13)28(30)31)16(29,17(21,22)23)18(24,25)26/h3-4,6-8,29H,1-2,5H2. The summed E-state index contributed by atoms with van der Waals surface area (Å²) in [6, 6.07) is 2.24. The van der Waals surface area contributed by atoms with Gasteiger partial charge in [0.1, 0.15) is 17.3 Å². The molecular formula is C18H12F8N2O3. The van der Waals surface area contributed by atoms with Gasteiger partial charge in [-0.2, -0.15) is 26.3 Å². The van der Waals surface area contributed by atoms with Gasteiger partial charge in [-0.25, -0.2) is 8.78 Å². The van der Waals surface area contributed by atoms with Crippen molar-refractivity contribution in [3.63, 3.8) is 0 Å². The van der Waals surface area contributed by atoms with E-state index in [-0.39, 0.29) is 42.8 Å². The van der Waals surface area contributed by atoms with Crippen LogP contribution in [0.5, 0.6) is 0 Å². The summed E-state index contributed by atoms with van der Waals surface area (Å²) in [6.07, 6.45) is -12.0. The molecule has 1 aliphatic rings. The number of hydrogen-bond donors (Lipinski definition) is 1. The predicted molar refractivity (Wildman–Crippen MR) is 90.8 cm³/mol. The van der Waals surface area contributed by atoms with Gasteiger partial charge in [0.15, 0.2) is 0 Å². The van der Waals surface area contributed by atoms with Crippen LogP contribution in [0.25, 0.3) is 0 Å². The van der Waals surface area contributed by atoms with Crippen molar-refractivity contribution >= 4 is 17.1 Å². The molecule has 0 unspecified atom stereocenters. The van der Waals surface area contributed by atoms with E-state index in [1.54, 1.807) is 0 Å². The Bertz CT molecular complexity index is 1020. The molecule has 1 N–H and O–H groups in total. The molecule has 2 aromatic rings. The van der Waals surface area contributed by atoms with Crippen LogP contribution in [0.3, 0.4) is 0 Å². The van der Waals surface area contributed by atoms with Gasteiger partial charge < -0.3 is 10.0 Å². The first kappa shape index (κ1) is 22.7. The number of benzene rings is 2. The lowest BCUT2D eigenvalue weighted by molar-refractivity contribution is -0.386. The Kier molecular flexibility index (Phi) is 5.37. The van der Waals surface area contributed by atoms with E-state index in [1.165, 1.54) is 0 Å². The minimum Gasteiger partial charge on any atom is -0.369 e. The molecular weight excluding hydrogens is 444 g/mol. The van der Waals surface area contributed by atoms with Gasteiger partial charge in [0.05, 0.1) is 10.6 Å². The molecule has 0 fully saturated rings. The van der Waals surface area contributed by atoms with Crippen LogP contribution in [0.4, 0.5) is 52.2 Å². The number of fused-ring (bicyclic) bond motifs is 1. The summed E-state index contributed by atoms with van der Waals surface area (Å²) in [7, 11) is 0. The van der Waals surface area contributed by atoms with Gasteiger partial charge >= 0.3 is 12.4 Å². The highest BCUT2D eigenvalue weighted by Crippen LogP contribution is 2.51. The maximum atomic E-state index is 14.4. The first-order valence-electron chi connectivity index (χ1n) is 8.58. The quantitative estimate of drug-likeness (QED) is 0.388. The SMILES string of the molecule is O=[N+]([O-])c1cc(C(O)(C(F)(F)F)C(F)(F)F)ccc1N1CCCc2cc(F)cc(F)c21. The molecule has 0 spiro atoms. The monoisotopic (exact) mass is 456 g/mol. The van der Waals surface area contributed by atoms with E-state index in [0.717, 1.165) is 11.0 Å². The van der Waals surface area contributed by atoms with Crippen LogP contribution in [-0.4, -0.2) is 28.9 Å². The van der Waals surface area contributed by atoms with E-state index in [0.29, 0.717) is 12.1 Å². The van der Waals surface area contributed by atoms with Crippen molar-refractivity contribution in [1.29, 1.82) is 0 Å². The van der Waals surface area contributed by atoms with Crippen molar-refractivity contribution in [1.82, 2.24) is 0 Å². The third-order valence-electron chi connectivity index (χ3n) is 4.91. The van der Waals surface area contributed by atoms with Crippen LogP contribution >= 0.6 is 0 Å². The molecule has 0 radical (unpaired) electrons. The second kappa shape index (κ2) is 7.32. The van der Waals surface area contributed by atoms with Gasteiger partial charge in [0.2, 0.25) is 0 Å². The second-order valence-electron chi connectivity index (χ2n) is 6.82. The lowest BCUT2D eigenvalue weighted by Gasteiger charge is -2.34. The molecule has 0 saturated heterocycles. The Morgan fingerprint density at radius 3 is 2.16 bits per heavy atom. The minimum absolute atomic E-state index is 0.0496. The van der Waals surface area contributed by atoms with E-state index in [9.17, 15) is 50.3 Å². The number of aryl methyl sites for hydroxylation is 1. The number of nitro groups is 1. The Labute approximate surface area is 168 Å². The number of halogens is 8.